The van der Waals surface area contributed by atoms with Gasteiger partial charge in [-0.1, -0.05) is 0 Å². The number of hydrogen-bond donors (Lipinski definition) is 0. The lowest BCUT2D eigenvalue weighted by Crippen LogP contribution is -2.33. The largest absolute Gasteiger partial charge is 0.351 e. The summed E-state index contributed by atoms with van der Waals surface area (Å²) in [5, 5.41) is 9.19. The molecule has 1 aliphatic heterocycles. The molecule has 19 heavy (non-hydrogen) atoms. The van der Waals surface area contributed by atoms with Crippen LogP contribution < -0.4 is 4.90 Å². The number of pyridine rings is 1. The number of aromatic nitrogens is 3. The maximum Gasteiger partial charge on any atom is 0.146 e. The molecule has 1 unspecified atom stereocenters. The van der Waals surface area contributed by atoms with Crippen molar-refractivity contribution in [2.24, 2.45) is 0 Å². The third-order valence-electron chi connectivity index (χ3n) is 3.54. The van der Waals surface area contributed by atoms with Gasteiger partial charge in [0.25, 0.3) is 0 Å². The molecule has 1 fully saturated rings. The highest BCUT2D eigenvalue weighted by Gasteiger charge is 2.27. The van der Waals surface area contributed by atoms with Crippen molar-refractivity contribution in [1.82, 2.24) is 14.5 Å². The Hall–Kier alpha value is -2.35. The summed E-state index contributed by atoms with van der Waals surface area (Å²) >= 11 is 0. The van der Waals surface area contributed by atoms with Gasteiger partial charge in [-0.2, -0.15) is 5.26 Å². The molecule has 5 heteroatoms. The molecule has 0 aromatic carbocycles. The van der Waals surface area contributed by atoms with Crippen molar-refractivity contribution >= 4 is 5.82 Å². The van der Waals surface area contributed by atoms with Crippen LogP contribution in [0.3, 0.4) is 0 Å². The summed E-state index contributed by atoms with van der Waals surface area (Å²) in [6.07, 6.45) is 9.62. The summed E-state index contributed by atoms with van der Waals surface area (Å²) in [6.45, 7) is 1.85. The average molecular weight is 253 g/mol. The van der Waals surface area contributed by atoms with Crippen LogP contribution in [0.15, 0.2) is 37.1 Å². The second-order valence-corrected chi connectivity index (χ2v) is 4.74. The molecular weight excluding hydrogens is 238 g/mol. The van der Waals surface area contributed by atoms with Crippen molar-refractivity contribution in [1.29, 1.82) is 5.26 Å². The lowest BCUT2D eigenvalue weighted by atomic mass is 10.2. The molecule has 3 heterocycles. The van der Waals surface area contributed by atoms with Gasteiger partial charge in [-0.05, 0) is 25.0 Å². The molecule has 0 saturated carbocycles. The lowest BCUT2D eigenvalue weighted by molar-refractivity contribution is 0.547. The molecule has 3 rings (SSSR count). The second kappa shape index (κ2) is 5.11. The zero-order valence-electron chi connectivity index (χ0n) is 10.6. The minimum Gasteiger partial charge on any atom is -0.351 e. The fourth-order valence-corrected chi connectivity index (χ4v) is 2.66. The van der Waals surface area contributed by atoms with Crippen LogP contribution in [0.4, 0.5) is 5.82 Å². The molecule has 96 valence electrons. The van der Waals surface area contributed by atoms with Gasteiger partial charge in [0.2, 0.25) is 0 Å². The van der Waals surface area contributed by atoms with Gasteiger partial charge in [0, 0.05) is 37.7 Å². The quantitative estimate of drug-likeness (QED) is 0.837. The Kier molecular flexibility index (Phi) is 3.15. The summed E-state index contributed by atoms with van der Waals surface area (Å²) in [4.78, 5) is 10.7. The van der Waals surface area contributed by atoms with E-state index in [1.54, 1.807) is 12.4 Å². The fourth-order valence-electron chi connectivity index (χ4n) is 2.66. The van der Waals surface area contributed by atoms with E-state index in [0.717, 1.165) is 31.7 Å². The van der Waals surface area contributed by atoms with Crippen molar-refractivity contribution in [3.63, 3.8) is 0 Å². The van der Waals surface area contributed by atoms with Gasteiger partial charge < -0.3 is 9.47 Å². The standard InChI is InChI=1S/C14H15N5/c15-9-12-3-1-5-17-14(12)19-7-2-4-13(19)10-18-8-6-16-11-18/h1,3,5-6,8,11,13H,2,4,7,10H2. The predicted octanol–water partition coefficient (Wildman–Crippen LogP) is 1.82. The molecule has 0 spiro atoms. The van der Waals surface area contributed by atoms with Crippen LogP contribution in [-0.2, 0) is 6.54 Å². The van der Waals surface area contributed by atoms with Gasteiger partial charge in [-0.25, -0.2) is 9.97 Å². The zero-order valence-corrected chi connectivity index (χ0v) is 10.6. The molecule has 2 aromatic heterocycles. The average Bonchev–Trinajstić information content (AvgIpc) is 3.11. The van der Waals surface area contributed by atoms with Crippen LogP contribution in [0.1, 0.15) is 18.4 Å². The van der Waals surface area contributed by atoms with Crippen molar-refractivity contribution in [3.05, 3.63) is 42.6 Å². The first kappa shape index (κ1) is 11.7. The Bertz CT molecular complexity index is 584. The molecule has 5 nitrogen and oxygen atoms in total. The van der Waals surface area contributed by atoms with Crippen molar-refractivity contribution in [2.75, 3.05) is 11.4 Å². The Morgan fingerprint density at radius 1 is 1.42 bits per heavy atom. The third kappa shape index (κ3) is 2.29. The van der Waals surface area contributed by atoms with Gasteiger partial charge >= 0.3 is 0 Å². The first-order chi connectivity index (χ1) is 9.38. The number of rotatable bonds is 3. The maximum atomic E-state index is 9.19. The summed E-state index contributed by atoms with van der Waals surface area (Å²) in [5.74, 6) is 0.813. The topological polar surface area (TPSA) is 57.7 Å². The summed E-state index contributed by atoms with van der Waals surface area (Å²) in [7, 11) is 0. The van der Waals surface area contributed by atoms with Gasteiger partial charge in [0.15, 0.2) is 0 Å². The van der Waals surface area contributed by atoms with Gasteiger partial charge in [0.05, 0.1) is 11.9 Å². The minimum absolute atomic E-state index is 0.385. The molecule has 1 aliphatic rings. The minimum atomic E-state index is 0.385. The predicted molar refractivity (Wildman–Crippen MR) is 71.5 cm³/mol. The lowest BCUT2D eigenvalue weighted by Gasteiger charge is -2.26. The van der Waals surface area contributed by atoms with Gasteiger partial charge in [-0.3, -0.25) is 0 Å². The highest BCUT2D eigenvalue weighted by atomic mass is 15.2. The molecule has 0 radical (unpaired) electrons. The molecule has 0 aliphatic carbocycles. The fraction of sp³-hybridized carbons (Fsp3) is 0.357. The number of nitrogens with zero attached hydrogens (tertiary/aromatic N) is 5. The summed E-state index contributed by atoms with van der Waals surface area (Å²) < 4.78 is 2.08. The first-order valence-electron chi connectivity index (χ1n) is 6.46. The number of anilines is 1. The van der Waals surface area contributed by atoms with Crippen LogP contribution in [0.2, 0.25) is 0 Å². The van der Waals surface area contributed by atoms with E-state index in [1.807, 2.05) is 24.7 Å². The van der Waals surface area contributed by atoms with Crippen molar-refractivity contribution in [2.45, 2.75) is 25.4 Å². The third-order valence-corrected chi connectivity index (χ3v) is 3.54. The SMILES string of the molecule is N#Cc1cccnc1N1CCCC1Cn1ccnc1. The van der Waals surface area contributed by atoms with Crippen molar-refractivity contribution < 1.29 is 0 Å². The van der Waals surface area contributed by atoms with Crippen LogP contribution in [0, 0.1) is 11.3 Å². The normalized spacial score (nSPS) is 18.5. The summed E-state index contributed by atoms with van der Waals surface area (Å²) in [5.41, 5.74) is 0.653. The van der Waals surface area contributed by atoms with E-state index in [2.05, 4.69) is 25.5 Å². The van der Waals surface area contributed by atoms with E-state index in [4.69, 9.17) is 0 Å². The van der Waals surface area contributed by atoms with Crippen LogP contribution in [-0.4, -0.2) is 27.1 Å². The highest BCUT2D eigenvalue weighted by molar-refractivity contribution is 5.54. The molecule has 0 N–H and O–H groups in total. The van der Waals surface area contributed by atoms with E-state index in [-0.39, 0.29) is 0 Å². The smallest absolute Gasteiger partial charge is 0.146 e. The number of nitriles is 1. The highest BCUT2D eigenvalue weighted by Crippen LogP contribution is 2.27. The Morgan fingerprint density at radius 2 is 2.37 bits per heavy atom. The Labute approximate surface area is 112 Å². The van der Waals surface area contributed by atoms with E-state index >= 15 is 0 Å². The number of imidazole rings is 1. The van der Waals surface area contributed by atoms with Crippen LogP contribution in [0.25, 0.3) is 0 Å². The molecule has 1 atom stereocenters. The van der Waals surface area contributed by atoms with Crippen LogP contribution >= 0.6 is 0 Å². The van der Waals surface area contributed by atoms with Gasteiger partial charge in [-0.15, -0.1) is 0 Å². The van der Waals surface area contributed by atoms with Gasteiger partial charge in [0.1, 0.15) is 11.9 Å². The Balaban J connectivity index is 1.85. The van der Waals surface area contributed by atoms with E-state index < -0.39 is 0 Å². The second-order valence-electron chi connectivity index (χ2n) is 4.74. The molecule has 0 bridgehead atoms. The summed E-state index contributed by atoms with van der Waals surface area (Å²) in [6, 6.07) is 6.25. The van der Waals surface area contributed by atoms with E-state index in [1.165, 1.54) is 0 Å². The molecule has 2 aromatic rings. The Morgan fingerprint density at radius 3 is 3.16 bits per heavy atom. The molecule has 0 amide bonds. The zero-order chi connectivity index (χ0) is 13.1. The maximum absolute atomic E-state index is 9.19. The molecule has 1 saturated heterocycles. The van der Waals surface area contributed by atoms with Crippen molar-refractivity contribution in [3.8, 4) is 6.07 Å². The van der Waals surface area contributed by atoms with E-state index in [9.17, 15) is 5.26 Å². The molecular formula is C14H15N5. The van der Waals surface area contributed by atoms with E-state index in [0.29, 0.717) is 11.6 Å². The first-order valence-corrected chi connectivity index (χ1v) is 6.46. The monoisotopic (exact) mass is 253 g/mol. The number of hydrogen-bond acceptors (Lipinski definition) is 4. The van der Waals surface area contributed by atoms with Crippen LogP contribution in [0.5, 0.6) is 0 Å².